The van der Waals surface area contributed by atoms with Crippen LogP contribution in [0.3, 0.4) is 0 Å². The first-order valence-electron chi connectivity index (χ1n) is 9.18. The Morgan fingerprint density at radius 3 is 2.30 bits per heavy atom. The van der Waals surface area contributed by atoms with Gasteiger partial charge in [-0.25, -0.2) is 4.79 Å². The molecule has 3 aromatic carbocycles. The zero-order valence-electron chi connectivity index (χ0n) is 15.7. The molecule has 0 fully saturated rings. The van der Waals surface area contributed by atoms with E-state index in [1.54, 1.807) is 18.2 Å². The van der Waals surface area contributed by atoms with Gasteiger partial charge in [-0.1, -0.05) is 56.3 Å². The third kappa shape index (κ3) is 5.71. The van der Waals surface area contributed by atoms with Crippen molar-refractivity contribution in [2.45, 2.75) is 26.9 Å². The topological polar surface area (TPSA) is 35.5 Å². The van der Waals surface area contributed by atoms with E-state index in [1.807, 2.05) is 48.5 Å². The molecular weight excluding hydrogens is 336 g/mol. The van der Waals surface area contributed by atoms with Crippen molar-refractivity contribution < 1.29 is 14.3 Å². The number of rotatable bonds is 7. The summed E-state index contributed by atoms with van der Waals surface area (Å²) in [6.45, 7) is 4.80. The lowest BCUT2D eigenvalue weighted by Crippen LogP contribution is -2.09. The van der Waals surface area contributed by atoms with Crippen LogP contribution in [0.4, 0.5) is 0 Å². The van der Waals surface area contributed by atoms with Gasteiger partial charge in [-0.05, 0) is 59.9 Å². The van der Waals surface area contributed by atoms with Gasteiger partial charge in [0.15, 0.2) is 0 Å². The van der Waals surface area contributed by atoms with Crippen molar-refractivity contribution in [3.05, 3.63) is 95.6 Å². The Morgan fingerprint density at radius 1 is 0.815 bits per heavy atom. The lowest BCUT2D eigenvalue weighted by molar-refractivity contribution is 0.0734. The summed E-state index contributed by atoms with van der Waals surface area (Å²) >= 11 is 0. The highest BCUT2D eigenvalue weighted by Gasteiger charge is 2.09. The van der Waals surface area contributed by atoms with Crippen LogP contribution in [0.25, 0.3) is 0 Å². The minimum absolute atomic E-state index is 0.373. The normalized spacial score (nSPS) is 10.6. The third-order valence-corrected chi connectivity index (χ3v) is 4.06. The van der Waals surface area contributed by atoms with Gasteiger partial charge in [0.25, 0.3) is 0 Å². The average Bonchev–Trinajstić information content (AvgIpc) is 2.67. The molecular formula is C24H24O3. The van der Waals surface area contributed by atoms with E-state index in [2.05, 4.69) is 26.0 Å². The van der Waals surface area contributed by atoms with Crippen LogP contribution in [-0.4, -0.2) is 5.97 Å². The molecule has 0 N–H and O–H groups in total. The molecule has 0 aliphatic rings. The lowest BCUT2D eigenvalue weighted by Gasteiger charge is -2.10. The highest BCUT2D eigenvalue weighted by molar-refractivity contribution is 5.91. The van der Waals surface area contributed by atoms with Crippen molar-refractivity contribution in [1.29, 1.82) is 0 Å². The number of carbonyl (C=O) groups excluding carboxylic acids is 1. The lowest BCUT2D eigenvalue weighted by atomic mass is 10.0. The first-order valence-corrected chi connectivity index (χ1v) is 9.18. The van der Waals surface area contributed by atoms with Crippen molar-refractivity contribution in [3.63, 3.8) is 0 Å². The predicted octanol–water partition coefficient (Wildman–Crippen LogP) is 5.68. The number of hydrogen-bond acceptors (Lipinski definition) is 3. The van der Waals surface area contributed by atoms with E-state index in [1.165, 1.54) is 5.56 Å². The minimum atomic E-state index is -0.373. The van der Waals surface area contributed by atoms with E-state index in [9.17, 15) is 4.79 Å². The molecule has 0 aliphatic carbocycles. The SMILES string of the molecule is CC(C)Cc1cccc(OCc2cccc(C(=O)Oc3ccccc3)c2)c1. The molecule has 27 heavy (non-hydrogen) atoms. The number of ether oxygens (including phenoxy) is 2. The van der Waals surface area contributed by atoms with Crippen LogP contribution in [0.1, 0.15) is 35.3 Å². The molecule has 0 bridgehead atoms. The molecule has 0 saturated carbocycles. The van der Waals surface area contributed by atoms with Crippen molar-refractivity contribution in [3.8, 4) is 11.5 Å². The Kier molecular flexibility index (Phi) is 6.26. The summed E-state index contributed by atoms with van der Waals surface area (Å²) in [5.74, 6) is 1.60. The molecule has 3 aromatic rings. The third-order valence-electron chi connectivity index (χ3n) is 4.06. The van der Waals surface area contributed by atoms with Gasteiger partial charge < -0.3 is 9.47 Å². The zero-order valence-corrected chi connectivity index (χ0v) is 15.7. The van der Waals surface area contributed by atoms with Crippen LogP contribution >= 0.6 is 0 Å². The van der Waals surface area contributed by atoms with Crippen LogP contribution in [0, 0.1) is 5.92 Å². The number of para-hydroxylation sites is 1. The summed E-state index contributed by atoms with van der Waals surface area (Å²) in [6, 6.07) is 24.6. The van der Waals surface area contributed by atoms with E-state index in [-0.39, 0.29) is 5.97 Å². The molecule has 0 saturated heterocycles. The summed E-state index contributed by atoms with van der Waals surface area (Å²) in [5.41, 5.74) is 2.70. The van der Waals surface area contributed by atoms with Gasteiger partial charge >= 0.3 is 5.97 Å². The fraction of sp³-hybridized carbons (Fsp3) is 0.208. The monoisotopic (exact) mass is 360 g/mol. The Balaban J connectivity index is 1.63. The molecule has 0 aliphatic heterocycles. The Hall–Kier alpha value is -3.07. The average molecular weight is 360 g/mol. The molecule has 0 amide bonds. The van der Waals surface area contributed by atoms with Crippen LogP contribution in [0.15, 0.2) is 78.9 Å². The second-order valence-electron chi connectivity index (χ2n) is 6.94. The van der Waals surface area contributed by atoms with E-state index in [0.29, 0.717) is 23.8 Å². The second kappa shape index (κ2) is 9.04. The van der Waals surface area contributed by atoms with Crippen LogP contribution < -0.4 is 9.47 Å². The quantitative estimate of drug-likeness (QED) is 0.401. The van der Waals surface area contributed by atoms with Gasteiger partial charge in [-0.15, -0.1) is 0 Å². The van der Waals surface area contributed by atoms with E-state index < -0.39 is 0 Å². The van der Waals surface area contributed by atoms with E-state index in [0.717, 1.165) is 17.7 Å². The maximum atomic E-state index is 12.3. The Morgan fingerprint density at radius 2 is 1.52 bits per heavy atom. The zero-order chi connectivity index (χ0) is 19.1. The smallest absolute Gasteiger partial charge is 0.343 e. The van der Waals surface area contributed by atoms with E-state index >= 15 is 0 Å². The molecule has 3 nitrogen and oxygen atoms in total. The largest absolute Gasteiger partial charge is 0.489 e. The van der Waals surface area contributed by atoms with Crippen LogP contribution in [0.2, 0.25) is 0 Å². The second-order valence-corrected chi connectivity index (χ2v) is 6.94. The summed E-state index contributed by atoms with van der Waals surface area (Å²) < 4.78 is 11.3. The summed E-state index contributed by atoms with van der Waals surface area (Å²) in [6.07, 6.45) is 1.03. The molecule has 3 rings (SSSR count). The van der Waals surface area contributed by atoms with Crippen molar-refractivity contribution >= 4 is 5.97 Å². The molecule has 0 atom stereocenters. The fourth-order valence-corrected chi connectivity index (χ4v) is 2.84. The molecule has 0 aromatic heterocycles. The van der Waals surface area contributed by atoms with Crippen LogP contribution in [-0.2, 0) is 13.0 Å². The molecule has 0 unspecified atom stereocenters. The van der Waals surface area contributed by atoms with Gasteiger partial charge in [0.2, 0.25) is 0 Å². The molecule has 138 valence electrons. The highest BCUT2D eigenvalue weighted by Crippen LogP contribution is 2.18. The highest BCUT2D eigenvalue weighted by atomic mass is 16.5. The van der Waals surface area contributed by atoms with Gasteiger partial charge in [0.1, 0.15) is 18.1 Å². The maximum Gasteiger partial charge on any atom is 0.343 e. The van der Waals surface area contributed by atoms with Crippen LogP contribution in [0.5, 0.6) is 11.5 Å². The van der Waals surface area contributed by atoms with Crippen molar-refractivity contribution in [2.24, 2.45) is 5.92 Å². The maximum absolute atomic E-state index is 12.3. The number of hydrogen-bond donors (Lipinski definition) is 0. The van der Waals surface area contributed by atoms with Gasteiger partial charge in [0.05, 0.1) is 5.56 Å². The van der Waals surface area contributed by atoms with Crippen molar-refractivity contribution in [2.75, 3.05) is 0 Å². The molecule has 0 spiro atoms. The standard InChI is InChI=1S/C24H24O3/c1-18(2)14-19-8-7-13-23(16-19)26-17-20-9-6-10-21(15-20)24(25)27-22-11-4-3-5-12-22/h3-13,15-16,18H,14,17H2,1-2H3. The van der Waals surface area contributed by atoms with Gasteiger partial charge in [-0.3, -0.25) is 0 Å². The number of carbonyl (C=O) groups is 1. The predicted molar refractivity (Wildman–Crippen MR) is 107 cm³/mol. The number of esters is 1. The molecule has 3 heteroatoms. The Bertz CT molecular complexity index is 885. The van der Waals surface area contributed by atoms with E-state index in [4.69, 9.17) is 9.47 Å². The molecule has 0 radical (unpaired) electrons. The first-order chi connectivity index (χ1) is 13.1. The Labute approximate surface area is 160 Å². The number of benzene rings is 3. The summed E-state index contributed by atoms with van der Waals surface area (Å²) in [4.78, 5) is 12.3. The van der Waals surface area contributed by atoms with Gasteiger partial charge in [0, 0.05) is 0 Å². The molecule has 0 heterocycles. The minimum Gasteiger partial charge on any atom is -0.489 e. The van der Waals surface area contributed by atoms with Gasteiger partial charge in [-0.2, -0.15) is 0 Å². The summed E-state index contributed by atoms with van der Waals surface area (Å²) in [7, 11) is 0. The summed E-state index contributed by atoms with van der Waals surface area (Å²) in [5, 5.41) is 0. The van der Waals surface area contributed by atoms with Crippen molar-refractivity contribution in [1.82, 2.24) is 0 Å². The fourth-order valence-electron chi connectivity index (χ4n) is 2.84. The first kappa shape index (κ1) is 18.7.